The van der Waals surface area contributed by atoms with Gasteiger partial charge in [0.2, 0.25) is 0 Å². The van der Waals surface area contributed by atoms with Gasteiger partial charge in [-0.2, -0.15) is 0 Å². The number of aryl methyl sites for hydroxylation is 1. The maximum atomic E-state index is 10.5. The van der Waals surface area contributed by atoms with Gasteiger partial charge in [0.05, 0.1) is 5.56 Å². The number of phenols is 2. The van der Waals surface area contributed by atoms with Crippen molar-refractivity contribution in [1.82, 2.24) is 0 Å². The number of carbonyl (C=O) groups is 1. The van der Waals surface area contributed by atoms with Crippen LogP contribution in [0.25, 0.3) is 0 Å². The van der Waals surface area contributed by atoms with E-state index in [1.165, 1.54) is 12.1 Å². The molecule has 0 aromatic heterocycles. The van der Waals surface area contributed by atoms with E-state index in [-0.39, 0.29) is 17.1 Å². The molecule has 0 unspecified atom stereocenters. The lowest BCUT2D eigenvalue weighted by Gasteiger charge is -2.11. The van der Waals surface area contributed by atoms with E-state index in [1.807, 2.05) is 0 Å². The van der Waals surface area contributed by atoms with Crippen molar-refractivity contribution < 1.29 is 20.1 Å². The highest BCUT2D eigenvalue weighted by Gasteiger charge is 2.22. The third-order valence-corrected chi connectivity index (χ3v) is 1.86. The molecule has 5 nitrogen and oxygen atoms in total. The minimum atomic E-state index is -1.42. The highest BCUT2D eigenvalue weighted by atomic mass is 16.4. The van der Waals surface area contributed by atoms with Gasteiger partial charge in [0.1, 0.15) is 17.5 Å². The van der Waals surface area contributed by atoms with Crippen LogP contribution in [0, 0.1) is 6.92 Å². The lowest BCUT2D eigenvalue weighted by atomic mass is 10.0. The van der Waals surface area contributed by atoms with Crippen molar-refractivity contribution in [2.24, 2.45) is 5.73 Å². The van der Waals surface area contributed by atoms with Gasteiger partial charge in [0.25, 0.3) is 0 Å². The first-order valence-electron chi connectivity index (χ1n) is 3.94. The van der Waals surface area contributed by atoms with E-state index in [0.717, 1.165) is 0 Å². The van der Waals surface area contributed by atoms with Gasteiger partial charge in [0.15, 0.2) is 0 Å². The molecule has 0 fully saturated rings. The van der Waals surface area contributed by atoms with E-state index < -0.39 is 12.0 Å². The fraction of sp³-hybridized carbons (Fsp3) is 0.222. The summed E-state index contributed by atoms with van der Waals surface area (Å²) in [6.45, 7) is 1.66. The molecule has 0 saturated carbocycles. The van der Waals surface area contributed by atoms with Gasteiger partial charge in [-0.05, 0) is 24.6 Å². The molecule has 0 heterocycles. The van der Waals surface area contributed by atoms with Crippen LogP contribution in [0.2, 0.25) is 0 Å². The third-order valence-electron chi connectivity index (χ3n) is 1.86. The summed E-state index contributed by atoms with van der Waals surface area (Å²) in [5.41, 5.74) is 5.73. The van der Waals surface area contributed by atoms with Crippen molar-refractivity contribution in [3.05, 3.63) is 23.3 Å². The first-order chi connectivity index (χ1) is 6.43. The molecule has 0 saturated heterocycles. The van der Waals surface area contributed by atoms with Crippen LogP contribution in [0.1, 0.15) is 17.2 Å². The molecule has 0 bridgehead atoms. The van der Waals surface area contributed by atoms with Crippen molar-refractivity contribution >= 4 is 5.97 Å². The summed E-state index contributed by atoms with van der Waals surface area (Å²) in [5, 5.41) is 27.4. The highest BCUT2D eigenvalue weighted by molar-refractivity contribution is 5.77. The van der Waals surface area contributed by atoms with E-state index in [4.69, 9.17) is 10.8 Å². The summed E-state index contributed by atoms with van der Waals surface area (Å²) in [6.07, 6.45) is 0. The van der Waals surface area contributed by atoms with E-state index in [9.17, 15) is 15.0 Å². The molecule has 14 heavy (non-hydrogen) atoms. The Morgan fingerprint density at radius 2 is 1.79 bits per heavy atom. The zero-order valence-electron chi connectivity index (χ0n) is 7.56. The highest BCUT2D eigenvalue weighted by Crippen LogP contribution is 2.32. The molecule has 76 valence electrons. The minimum Gasteiger partial charge on any atom is -0.507 e. The number of rotatable bonds is 2. The number of carboxylic acid groups (broad SMARTS) is 1. The van der Waals surface area contributed by atoms with Crippen molar-refractivity contribution in [2.75, 3.05) is 0 Å². The van der Waals surface area contributed by atoms with Crippen molar-refractivity contribution in [1.29, 1.82) is 0 Å². The molecule has 0 aliphatic rings. The SMILES string of the molecule is Cc1cc(O)c([C@H](N)C(=O)O)c(O)c1. The van der Waals surface area contributed by atoms with E-state index >= 15 is 0 Å². The van der Waals surface area contributed by atoms with Crippen LogP contribution in [0.15, 0.2) is 12.1 Å². The van der Waals surface area contributed by atoms with Crippen LogP contribution in [0.5, 0.6) is 11.5 Å². The average Bonchev–Trinajstić information content (AvgIpc) is 2.01. The van der Waals surface area contributed by atoms with Crippen LogP contribution in [0.3, 0.4) is 0 Å². The second-order valence-corrected chi connectivity index (χ2v) is 3.03. The van der Waals surface area contributed by atoms with E-state index in [2.05, 4.69) is 0 Å². The molecule has 1 aromatic rings. The zero-order chi connectivity index (χ0) is 10.9. The second kappa shape index (κ2) is 3.55. The standard InChI is InChI=1S/C9H11NO4/c1-4-2-5(11)7(6(12)3-4)8(10)9(13)14/h2-3,8,11-12H,10H2,1H3,(H,13,14)/t8-/m0/s1. The molecule has 0 spiro atoms. The van der Waals surface area contributed by atoms with Gasteiger partial charge in [0, 0.05) is 0 Å². The van der Waals surface area contributed by atoms with Crippen molar-refractivity contribution in [2.45, 2.75) is 13.0 Å². The number of benzene rings is 1. The number of aliphatic carboxylic acids is 1. The molecule has 1 rings (SSSR count). The van der Waals surface area contributed by atoms with Gasteiger partial charge in [-0.25, -0.2) is 0 Å². The number of phenolic OH excluding ortho intramolecular Hbond substituents is 2. The Bertz CT molecular complexity index is 352. The first-order valence-corrected chi connectivity index (χ1v) is 3.94. The maximum Gasteiger partial charge on any atom is 0.325 e. The number of aromatic hydroxyl groups is 2. The number of hydrogen-bond acceptors (Lipinski definition) is 4. The molecular weight excluding hydrogens is 186 g/mol. The predicted octanol–water partition coefficient (Wildman–Crippen LogP) is 0.491. The smallest absolute Gasteiger partial charge is 0.325 e. The average molecular weight is 197 g/mol. The van der Waals surface area contributed by atoms with Crippen molar-refractivity contribution in [3.63, 3.8) is 0 Å². The van der Waals surface area contributed by atoms with Gasteiger partial charge < -0.3 is 21.1 Å². The summed E-state index contributed by atoms with van der Waals surface area (Å²) in [5.74, 6) is -1.92. The Labute approximate surface area is 80.4 Å². The zero-order valence-corrected chi connectivity index (χ0v) is 7.56. The molecule has 5 heteroatoms. The Morgan fingerprint density at radius 3 is 2.14 bits per heavy atom. The maximum absolute atomic E-state index is 10.5. The van der Waals surface area contributed by atoms with Gasteiger partial charge in [-0.15, -0.1) is 0 Å². The van der Waals surface area contributed by atoms with Gasteiger partial charge >= 0.3 is 5.97 Å². The predicted molar refractivity (Wildman–Crippen MR) is 49.1 cm³/mol. The lowest BCUT2D eigenvalue weighted by Crippen LogP contribution is -2.20. The quantitative estimate of drug-likeness (QED) is 0.552. The van der Waals surface area contributed by atoms with Crippen molar-refractivity contribution in [3.8, 4) is 11.5 Å². The summed E-state index contributed by atoms with van der Waals surface area (Å²) in [4.78, 5) is 10.5. The fourth-order valence-electron chi connectivity index (χ4n) is 1.20. The minimum absolute atomic E-state index is 0.164. The molecule has 0 aliphatic carbocycles. The number of carboxylic acids is 1. The molecule has 0 amide bonds. The van der Waals surface area contributed by atoms with Crippen LogP contribution >= 0.6 is 0 Å². The van der Waals surface area contributed by atoms with Crippen LogP contribution in [-0.2, 0) is 4.79 Å². The van der Waals surface area contributed by atoms with E-state index in [1.54, 1.807) is 6.92 Å². The molecule has 5 N–H and O–H groups in total. The summed E-state index contributed by atoms with van der Waals surface area (Å²) in [6, 6.07) is 1.27. The van der Waals surface area contributed by atoms with Crippen LogP contribution in [-0.4, -0.2) is 21.3 Å². The lowest BCUT2D eigenvalue weighted by molar-refractivity contribution is -0.138. The van der Waals surface area contributed by atoms with E-state index in [0.29, 0.717) is 5.56 Å². The molecule has 1 atom stereocenters. The number of hydrogen-bond donors (Lipinski definition) is 4. The Balaban J connectivity index is 3.27. The topological polar surface area (TPSA) is 104 Å². The summed E-state index contributed by atoms with van der Waals surface area (Å²) < 4.78 is 0. The Kier molecular flexibility index (Phi) is 2.62. The molecule has 0 aliphatic heterocycles. The third kappa shape index (κ3) is 1.77. The Hall–Kier alpha value is -1.75. The van der Waals surface area contributed by atoms with Gasteiger partial charge in [-0.3, -0.25) is 4.79 Å². The normalized spacial score (nSPS) is 12.4. The second-order valence-electron chi connectivity index (χ2n) is 3.03. The monoisotopic (exact) mass is 197 g/mol. The molecule has 0 radical (unpaired) electrons. The van der Waals surface area contributed by atoms with Crippen LogP contribution < -0.4 is 5.73 Å². The number of nitrogens with two attached hydrogens (primary N) is 1. The summed E-state index contributed by atoms with van der Waals surface area (Å²) in [7, 11) is 0. The molecule has 1 aromatic carbocycles. The molecular formula is C9H11NO4. The van der Waals surface area contributed by atoms with Gasteiger partial charge in [-0.1, -0.05) is 0 Å². The largest absolute Gasteiger partial charge is 0.507 e. The fourth-order valence-corrected chi connectivity index (χ4v) is 1.20. The Morgan fingerprint density at radius 1 is 1.36 bits per heavy atom. The first kappa shape index (κ1) is 10.3. The summed E-state index contributed by atoms with van der Waals surface area (Å²) >= 11 is 0. The van der Waals surface area contributed by atoms with Crippen LogP contribution in [0.4, 0.5) is 0 Å².